The predicted octanol–water partition coefficient (Wildman–Crippen LogP) is 3.16. The van der Waals surface area contributed by atoms with Gasteiger partial charge in [-0.1, -0.05) is 29.8 Å². The van der Waals surface area contributed by atoms with Gasteiger partial charge < -0.3 is 24.3 Å². The van der Waals surface area contributed by atoms with Gasteiger partial charge in [-0.05, 0) is 36.2 Å². The van der Waals surface area contributed by atoms with E-state index in [4.69, 9.17) is 30.5 Å². The minimum absolute atomic E-state index is 0.0567. The van der Waals surface area contributed by atoms with E-state index >= 15 is 0 Å². The molecule has 1 N–H and O–H groups in total. The summed E-state index contributed by atoms with van der Waals surface area (Å²) in [6.45, 7) is 1.75. The first kappa shape index (κ1) is 22.4. The van der Waals surface area contributed by atoms with Crippen LogP contribution in [0.3, 0.4) is 0 Å². The van der Waals surface area contributed by atoms with Crippen molar-refractivity contribution in [1.82, 2.24) is 5.32 Å². The van der Waals surface area contributed by atoms with Gasteiger partial charge in [0.2, 0.25) is 5.75 Å². The van der Waals surface area contributed by atoms with Crippen molar-refractivity contribution in [3.05, 3.63) is 52.5 Å². The Kier molecular flexibility index (Phi) is 8.15. The van der Waals surface area contributed by atoms with Crippen LogP contribution in [-0.4, -0.2) is 39.3 Å². The van der Waals surface area contributed by atoms with Crippen LogP contribution in [0.1, 0.15) is 18.1 Å². The van der Waals surface area contributed by atoms with Crippen molar-refractivity contribution >= 4 is 23.5 Å². The lowest BCUT2D eigenvalue weighted by atomic mass is 10.1. The van der Waals surface area contributed by atoms with Gasteiger partial charge >= 0.3 is 5.97 Å². The van der Waals surface area contributed by atoms with E-state index in [0.29, 0.717) is 27.8 Å². The van der Waals surface area contributed by atoms with Crippen LogP contribution in [0.25, 0.3) is 0 Å². The molecule has 7 nitrogen and oxygen atoms in total. The van der Waals surface area contributed by atoms with Crippen LogP contribution in [0.2, 0.25) is 5.02 Å². The van der Waals surface area contributed by atoms with Crippen LogP contribution in [0.4, 0.5) is 0 Å². The van der Waals surface area contributed by atoms with E-state index in [1.165, 1.54) is 28.3 Å². The molecule has 2 rings (SSSR count). The number of nitrogens with one attached hydrogen (secondary N) is 1. The Bertz CT molecular complexity index is 845. The van der Waals surface area contributed by atoms with Crippen LogP contribution in [0, 0.1) is 0 Å². The highest BCUT2D eigenvalue weighted by Gasteiger charge is 2.20. The number of halogens is 1. The van der Waals surface area contributed by atoms with Crippen LogP contribution in [-0.2, 0) is 27.3 Å². The van der Waals surface area contributed by atoms with Gasteiger partial charge in [0.05, 0.1) is 27.8 Å². The summed E-state index contributed by atoms with van der Waals surface area (Å²) in [6, 6.07) is 10.5. The summed E-state index contributed by atoms with van der Waals surface area (Å²) in [5.41, 5.74) is 1.38. The third-order valence-corrected chi connectivity index (χ3v) is 4.53. The first-order chi connectivity index (χ1) is 13.9. The number of amides is 1. The highest BCUT2D eigenvalue weighted by Crippen LogP contribution is 2.38. The van der Waals surface area contributed by atoms with Gasteiger partial charge in [-0.2, -0.15) is 0 Å². The molecule has 0 fully saturated rings. The third-order valence-electron chi connectivity index (χ3n) is 4.16. The van der Waals surface area contributed by atoms with Gasteiger partial charge in [-0.3, -0.25) is 9.59 Å². The molecule has 2 aromatic rings. The zero-order valence-corrected chi connectivity index (χ0v) is 17.5. The van der Waals surface area contributed by atoms with Crippen LogP contribution < -0.4 is 19.5 Å². The Morgan fingerprint density at radius 1 is 1.03 bits per heavy atom. The highest BCUT2D eigenvalue weighted by molar-refractivity contribution is 6.31. The average molecular weight is 422 g/mol. The molecule has 0 radical (unpaired) electrons. The summed E-state index contributed by atoms with van der Waals surface area (Å²) in [6.07, 6.45) is -1.01. The second kappa shape index (κ2) is 10.6. The van der Waals surface area contributed by atoms with Gasteiger partial charge in [0.15, 0.2) is 17.6 Å². The van der Waals surface area contributed by atoms with Crippen molar-refractivity contribution in [2.45, 2.75) is 26.0 Å². The van der Waals surface area contributed by atoms with Crippen LogP contribution in [0.15, 0.2) is 36.4 Å². The van der Waals surface area contributed by atoms with Gasteiger partial charge in [0.25, 0.3) is 5.91 Å². The standard InChI is InChI=1S/C21H24ClNO6/c1-13(21(25)23-12-15-7-5-6-8-16(15)22)29-19(24)11-14-9-17(26-2)20(28-4)18(10-14)27-3/h5-10,13H,11-12H2,1-4H3,(H,23,25). The molecule has 0 aliphatic rings. The first-order valence-corrected chi connectivity index (χ1v) is 9.26. The Morgan fingerprint density at radius 2 is 1.66 bits per heavy atom. The lowest BCUT2D eigenvalue weighted by Gasteiger charge is -2.16. The summed E-state index contributed by atoms with van der Waals surface area (Å²) < 4.78 is 21.0. The molecule has 0 spiro atoms. The van der Waals surface area contributed by atoms with E-state index in [1.54, 1.807) is 24.3 Å². The SMILES string of the molecule is COc1cc(CC(=O)OC(C)C(=O)NCc2ccccc2Cl)cc(OC)c1OC. The summed E-state index contributed by atoms with van der Waals surface area (Å²) in [5, 5.41) is 3.26. The quantitative estimate of drug-likeness (QED) is 0.626. The van der Waals surface area contributed by atoms with Gasteiger partial charge in [-0.25, -0.2) is 0 Å². The second-order valence-electron chi connectivity index (χ2n) is 6.15. The molecular formula is C21H24ClNO6. The summed E-state index contributed by atoms with van der Waals surface area (Å²) in [7, 11) is 4.48. The van der Waals surface area contributed by atoms with Gasteiger partial charge in [0, 0.05) is 11.6 Å². The molecular weight excluding hydrogens is 398 g/mol. The lowest BCUT2D eigenvalue weighted by Crippen LogP contribution is -2.35. The van der Waals surface area contributed by atoms with E-state index in [9.17, 15) is 9.59 Å². The molecule has 156 valence electrons. The number of rotatable bonds is 9. The summed E-state index contributed by atoms with van der Waals surface area (Å²) in [5.74, 6) is 0.322. The largest absolute Gasteiger partial charge is 0.493 e. The first-order valence-electron chi connectivity index (χ1n) is 8.89. The molecule has 0 aliphatic heterocycles. The van der Waals surface area contributed by atoms with Crippen molar-refractivity contribution in [3.8, 4) is 17.2 Å². The number of benzene rings is 2. The van der Waals surface area contributed by atoms with Gasteiger partial charge in [-0.15, -0.1) is 0 Å². The Balaban J connectivity index is 1.96. The zero-order valence-electron chi connectivity index (χ0n) is 16.8. The van der Waals surface area contributed by atoms with Crippen LogP contribution >= 0.6 is 11.6 Å². The van der Waals surface area contributed by atoms with E-state index in [0.717, 1.165) is 5.56 Å². The predicted molar refractivity (Wildman–Crippen MR) is 109 cm³/mol. The monoisotopic (exact) mass is 421 g/mol. The smallest absolute Gasteiger partial charge is 0.311 e. The molecule has 1 atom stereocenters. The van der Waals surface area contributed by atoms with E-state index in [2.05, 4.69) is 5.32 Å². The van der Waals surface area contributed by atoms with E-state index in [-0.39, 0.29) is 13.0 Å². The maximum absolute atomic E-state index is 12.3. The molecule has 29 heavy (non-hydrogen) atoms. The molecule has 0 heterocycles. The summed E-state index contributed by atoms with van der Waals surface area (Å²) >= 11 is 6.07. The fourth-order valence-corrected chi connectivity index (χ4v) is 2.87. The van der Waals surface area contributed by atoms with Crippen molar-refractivity contribution in [3.63, 3.8) is 0 Å². The number of hydrogen-bond donors (Lipinski definition) is 1. The topological polar surface area (TPSA) is 83.1 Å². The van der Waals surface area contributed by atoms with Crippen molar-refractivity contribution in [1.29, 1.82) is 0 Å². The number of carbonyl (C=O) groups is 2. The number of hydrogen-bond acceptors (Lipinski definition) is 6. The highest BCUT2D eigenvalue weighted by atomic mass is 35.5. The van der Waals surface area contributed by atoms with Gasteiger partial charge in [0.1, 0.15) is 0 Å². The van der Waals surface area contributed by atoms with Crippen molar-refractivity contribution in [2.75, 3.05) is 21.3 Å². The fourth-order valence-electron chi connectivity index (χ4n) is 2.66. The molecule has 1 unspecified atom stereocenters. The molecule has 0 aromatic heterocycles. The third kappa shape index (κ3) is 6.02. The average Bonchev–Trinajstić information content (AvgIpc) is 2.71. The molecule has 0 saturated carbocycles. The Hall–Kier alpha value is -2.93. The fraction of sp³-hybridized carbons (Fsp3) is 0.333. The zero-order chi connectivity index (χ0) is 21.4. The Morgan fingerprint density at radius 3 is 2.21 bits per heavy atom. The van der Waals surface area contributed by atoms with Crippen molar-refractivity contribution in [2.24, 2.45) is 0 Å². The summed E-state index contributed by atoms with van der Waals surface area (Å²) in [4.78, 5) is 24.5. The van der Waals surface area contributed by atoms with Crippen LogP contribution in [0.5, 0.6) is 17.2 Å². The van der Waals surface area contributed by atoms with Crippen molar-refractivity contribution < 1.29 is 28.5 Å². The maximum atomic E-state index is 12.3. The Labute approximate surface area is 174 Å². The molecule has 0 aliphatic carbocycles. The molecule has 2 aromatic carbocycles. The molecule has 0 bridgehead atoms. The van der Waals surface area contributed by atoms with E-state index in [1.807, 2.05) is 12.1 Å². The maximum Gasteiger partial charge on any atom is 0.311 e. The molecule has 0 saturated heterocycles. The minimum atomic E-state index is -0.952. The normalized spacial score (nSPS) is 11.3. The number of esters is 1. The lowest BCUT2D eigenvalue weighted by molar-refractivity contribution is -0.154. The minimum Gasteiger partial charge on any atom is -0.493 e. The molecule has 1 amide bonds. The number of carbonyl (C=O) groups excluding carboxylic acids is 2. The van der Waals surface area contributed by atoms with E-state index < -0.39 is 18.0 Å². The molecule has 8 heteroatoms. The number of methoxy groups -OCH3 is 3. The number of ether oxygens (including phenoxy) is 4. The second-order valence-corrected chi connectivity index (χ2v) is 6.56.